The Labute approximate surface area is 112 Å². The minimum absolute atomic E-state index is 0.252. The first kappa shape index (κ1) is 14.5. The molecular formula is C13H21BrN2O. The summed E-state index contributed by atoms with van der Waals surface area (Å²) in [6.45, 7) is 3.52. The van der Waals surface area contributed by atoms with E-state index in [0.717, 1.165) is 24.0 Å². The van der Waals surface area contributed by atoms with Crippen molar-refractivity contribution >= 4 is 21.6 Å². The zero-order chi connectivity index (χ0) is 12.8. The van der Waals surface area contributed by atoms with E-state index in [9.17, 15) is 5.11 Å². The first-order chi connectivity index (χ1) is 8.04. The number of benzene rings is 1. The van der Waals surface area contributed by atoms with Crippen molar-refractivity contribution in [1.29, 1.82) is 0 Å². The Bertz CT molecular complexity index is 355. The standard InChI is InChI=1S/C13H21BrN2O/c1-10(17)6-7-16(3)13-8-12(14)5-4-11(13)9-15-2/h4-5,8,10,15,17H,6-7,9H2,1-3H3. The van der Waals surface area contributed by atoms with Crippen LogP contribution in [-0.4, -0.2) is 31.9 Å². The van der Waals surface area contributed by atoms with E-state index < -0.39 is 0 Å². The maximum atomic E-state index is 9.33. The van der Waals surface area contributed by atoms with Crippen LogP contribution in [0.3, 0.4) is 0 Å². The molecule has 1 aromatic rings. The molecule has 0 heterocycles. The Morgan fingerprint density at radius 2 is 2.18 bits per heavy atom. The van der Waals surface area contributed by atoms with Gasteiger partial charge in [-0.1, -0.05) is 22.0 Å². The Morgan fingerprint density at radius 1 is 1.47 bits per heavy atom. The lowest BCUT2D eigenvalue weighted by Gasteiger charge is -2.23. The molecule has 17 heavy (non-hydrogen) atoms. The van der Waals surface area contributed by atoms with Gasteiger partial charge in [-0.05, 0) is 38.1 Å². The first-order valence-corrected chi connectivity index (χ1v) is 6.66. The number of aliphatic hydroxyl groups is 1. The van der Waals surface area contributed by atoms with Crippen LogP contribution in [0.4, 0.5) is 5.69 Å². The Kier molecular flexibility index (Phi) is 5.95. The summed E-state index contributed by atoms with van der Waals surface area (Å²) in [5.41, 5.74) is 2.47. The molecular weight excluding hydrogens is 280 g/mol. The predicted octanol–water partition coefficient (Wildman–Crippen LogP) is 2.38. The summed E-state index contributed by atoms with van der Waals surface area (Å²) in [6, 6.07) is 6.29. The van der Waals surface area contributed by atoms with Crippen molar-refractivity contribution < 1.29 is 5.11 Å². The number of nitrogens with zero attached hydrogens (tertiary/aromatic N) is 1. The van der Waals surface area contributed by atoms with Gasteiger partial charge in [0, 0.05) is 30.3 Å². The van der Waals surface area contributed by atoms with Crippen LogP contribution in [-0.2, 0) is 6.54 Å². The van der Waals surface area contributed by atoms with Crippen LogP contribution in [0.15, 0.2) is 22.7 Å². The van der Waals surface area contributed by atoms with Crippen molar-refractivity contribution in [3.05, 3.63) is 28.2 Å². The van der Waals surface area contributed by atoms with Crippen molar-refractivity contribution in [1.82, 2.24) is 5.32 Å². The Hall–Kier alpha value is -0.580. The highest BCUT2D eigenvalue weighted by Crippen LogP contribution is 2.24. The second-order valence-corrected chi connectivity index (χ2v) is 5.28. The molecule has 1 unspecified atom stereocenters. The lowest BCUT2D eigenvalue weighted by atomic mass is 10.1. The largest absolute Gasteiger partial charge is 0.393 e. The van der Waals surface area contributed by atoms with E-state index in [2.05, 4.69) is 51.4 Å². The molecule has 0 spiro atoms. The highest BCUT2D eigenvalue weighted by atomic mass is 79.9. The average molecular weight is 301 g/mol. The van der Waals surface area contributed by atoms with E-state index in [-0.39, 0.29) is 6.10 Å². The molecule has 0 saturated carbocycles. The van der Waals surface area contributed by atoms with E-state index >= 15 is 0 Å². The van der Waals surface area contributed by atoms with Crippen LogP contribution in [0.1, 0.15) is 18.9 Å². The average Bonchev–Trinajstić information content (AvgIpc) is 2.28. The van der Waals surface area contributed by atoms with Crippen molar-refractivity contribution in [3.63, 3.8) is 0 Å². The van der Waals surface area contributed by atoms with Crippen LogP contribution in [0.5, 0.6) is 0 Å². The minimum Gasteiger partial charge on any atom is -0.393 e. The van der Waals surface area contributed by atoms with Crippen molar-refractivity contribution in [2.45, 2.75) is 26.0 Å². The summed E-state index contributed by atoms with van der Waals surface area (Å²) >= 11 is 3.50. The van der Waals surface area contributed by atoms with E-state index in [4.69, 9.17) is 0 Å². The monoisotopic (exact) mass is 300 g/mol. The molecule has 0 amide bonds. The Morgan fingerprint density at radius 3 is 2.76 bits per heavy atom. The summed E-state index contributed by atoms with van der Waals surface area (Å²) in [4.78, 5) is 2.18. The highest BCUT2D eigenvalue weighted by Gasteiger charge is 2.08. The lowest BCUT2D eigenvalue weighted by Crippen LogP contribution is -2.23. The van der Waals surface area contributed by atoms with Crippen molar-refractivity contribution in [2.24, 2.45) is 0 Å². The summed E-state index contributed by atoms with van der Waals surface area (Å²) in [7, 11) is 4.00. The minimum atomic E-state index is -0.252. The number of rotatable bonds is 6. The lowest BCUT2D eigenvalue weighted by molar-refractivity contribution is 0.187. The van der Waals surface area contributed by atoms with Crippen LogP contribution >= 0.6 is 15.9 Å². The van der Waals surface area contributed by atoms with Gasteiger partial charge < -0.3 is 15.3 Å². The molecule has 2 N–H and O–H groups in total. The molecule has 0 aromatic heterocycles. The molecule has 0 bridgehead atoms. The molecule has 3 nitrogen and oxygen atoms in total. The van der Waals surface area contributed by atoms with Gasteiger partial charge in [0.15, 0.2) is 0 Å². The Balaban J connectivity index is 2.81. The molecule has 0 aliphatic rings. The normalized spacial score (nSPS) is 12.5. The fourth-order valence-corrected chi connectivity index (χ4v) is 2.08. The van der Waals surface area contributed by atoms with Gasteiger partial charge in [-0.25, -0.2) is 0 Å². The molecule has 0 aliphatic carbocycles. The molecule has 1 rings (SSSR count). The number of hydrogen-bond acceptors (Lipinski definition) is 3. The third-order valence-electron chi connectivity index (χ3n) is 2.71. The molecule has 1 atom stereocenters. The topological polar surface area (TPSA) is 35.5 Å². The predicted molar refractivity (Wildman–Crippen MR) is 76.5 cm³/mol. The number of anilines is 1. The van der Waals surface area contributed by atoms with E-state index in [1.54, 1.807) is 0 Å². The second-order valence-electron chi connectivity index (χ2n) is 4.36. The summed E-state index contributed by atoms with van der Waals surface area (Å²) in [5, 5.41) is 12.5. The summed E-state index contributed by atoms with van der Waals surface area (Å²) in [5.74, 6) is 0. The van der Waals surface area contributed by atoms with Gasteiger partial charge in [0.2, 0.25) is 0 Å². The SMILES string of the molecule is CNCc1ccc(Br)cc1N(C)CCC(C)O. The maximum Gasteiger partial charge on any atom is 0.0528 e. The number of nitrogens with one attached hydrogen (secondary N) is 1. The molecule has 0 radical (unpaired) electrons. The third kappa shape index (κ3) is 4.66. The summed E-state index contributed by atoms with van der Waals surface area (Å²) in [6.07, 6.45) is 0.527. The van der Waals surface area contributed by atoms with Crippen molar-refractivity contribution in [3.8, 4) is 0 Å². The van der Waals surface area contributed by atoms with Crippen molar-refractivity contribution in [2.75, 3.05) is 25.5 Å². The second kappa shape index (κ2) is 6.99. The zero-order valence-corrected chi connectivity index (χ0v) is 12.3. The highest BCUT2D eigenvalue weighted by molar-refractivity contribution is 9.10. The van der Waals surface area contributed by atoms with Gasteiger partial charge in [0.25, 0.3) is 0 Å². The van der Waals surface area contributed by atoms with E-state index in [1.807, 2.05) is 14.0 Å². The number of aliphatic hydroxyl groups excluding tert-OH is 1. The number of halogens is 1. The molecule has 1 aromatic carbocycles. The molecule has 0 fully saturated rings. The van der Waals surface area contributed by atoms with Gasteiger partial charge >= 0.3 is 0 Å². The fraction of sp³-hybridized carbons (Fsp3) is 0.538. The third-order valence-corrected chi connectivity index (χ3v) is 3.20. The maximum absolute atomic E-state index is 9.33. The molecule has 96 valence electrons. The van der Waals surface area contributed by atoms with E-state index in [0.29, 0.717) is 0 Å². The van der Waals surface area contributed by atoms with Gasteiger partial charge in [0.1, 0.15) is 0 Å². The smallest absolute Gasteiger partial charge is 0.0528 e. The van der Waals surface area contributed by atoms with Crippen LogP contribution < -0.4 is 10.2 Å². The molecule has 4 heteroatoms. The van der Waals surface area contributed by atoms with Gasteiger partial charge in [-0.3, -0.25) is 0 Å². The summed E-state index contributed by atoms with van der Waals surface area (Å²) < 4.78 is 1.08. The van der Waals surface area contributed by atoms with Crippen LogP contribution in [0.2, 0.25) is 0 Å². The quantitative estimate of drug-likeness (QED) is 0.847. The van der Waals surface area contributed by atoms with Crippen LogP contribution in [0.25, 0.3) is 0 Å². The molecule has 0 aliphatic heterocycles. The van der Waals surface area contributed by atoms with Gasteiger partial charge in [-0.15, -0.1) is 0 Å². The fourth-order valence-electron chi connectivity index (χ4n) is 1.73. The van der Waals surface area contributed by atoms with Gasteiger partial charge in [0.05, 0.1) is 6.10 Å². The molecule has 0 saturated heterocycles. The van der Waals surface area contributed by atoms with E-state index in [1.165, 1.54) is 11.3 Å². The van der Waals surface area contributed by atoms with Crippen LogP contribution in [0, 0.1) is 0 Å². The van der Waals surface area contributed by atoms with Gasteiger partial charge in [-0.2, -0.15) is 0 Å². The number of hydrogen-bond donors (Lipinski definition) is 2. The first-order valence-electron chi connectivity index (χ1n) is 5.86. The zero-order valence-electron chi connectivity index (χ0n) is 10.7.